The molecular weight excluding hydrogens is 506 g/mol. The Morgan fingerprint density at radius 2 is 1.29 bits per heavy atom. The third-order valence-corrected chi connectivity index (χ3v) is 8.71. The molecule has 0 saturated carbocycles. The Balaban J connectivity index is 1.43. The first-order valence-electron chi connectivity index (χ1n) is 16.4. The van der Waals surface area contributed by atoms with E-state index in [1.54, 1.807) is 0 Å². The molecule has 0 bridgehead atoms. The summed E-state index contributed by atoms with van der Waals surface area (Å²) in [4.78, 5) is 1.97. The maximum absolute atomic E-state index is 9.68. The van der Waals surface area contributed by atoms with Crippen molar-refractivity contribution in [1.82, 2.24) is 0 Å². The molecule has 1 nitrogen and oxygen atoms in total. The van der Waals surface area contributed by atoms with Crippen molar-refractivity contribution in [2.24, 2.45) is 0 Å². The van der Waals surface area contributed by atoms with Crippen LogP contribution < -0.4 is 4.90 Å². The zero-order chi connectivity index (χ0) is 31.7. The second-order valence-electron chi connectivity index (χ2n) is 11.5. The van der Waals surface area contributed by atoms with Crippen LogP contribution in [0, 0.1) is 0 Å². The van der Waals surface area contributed by atoms with E-state index >= 15 is 0 Å². The lowest BCUT2D eigenvalue weighted by Gasteiger charge is -2.29. The Bertz CT molecular complexity index is 2350. The number of hydrogen-bond donors (Lipinski definition) is 0. The zero-order valence-electron chi connectivity index (χ0n) is 27.6. The molecule has 0 N–H and O–H groups in total. The van der Waals surface area contributed by atoms with E-state index < -0.39 is 0 Å². The summed E-state index contributed by atoms with van der Waals surface area (Å²) >= 11 is 0. The van der Waals surface area contributed by atoms with Crippen molar-refractivity contribution in [3.63, 3.8) is 0 Å². The topological polar surface area (TPSA) is 3.24 Å². The number of anilines is 3. The second kappa shape index (κ2) is 9.46. The molecule has 1 aliphatic rings. The minimum absolute atomic E-state index is 0.0530. The molecule has 1 heteroatoms. The number of rotatable bonds is 4. The summed E-state index contributed by atoms with van der Waals surface area (Å²) in [5.41, 5.74) is 7.54. The number of benzene rings is 7. The molecular formula is C41H31N. The monoisotopic (exact) mass is 541 g/mol. The molecule has 0 radical (unpaired) electrons. The van der Waals surface area contributed by atoms with E-state index in [-0.39, 0.29) is 35.3 Å². The maximum Gasteiger partial charge on any atom is 0.0651 e. The molecule has 0 aliphatic heterocycles. The molecule has 0 unspecified atom stereocenters. The van der Waals surface area contributed by atoms with E-state index in [2.05, 4.69) is 74.5 Å². The summed E-state index contributed by atoms with van der Waals surface area (Å²) < 4.78 is 36.9. The quantitative estimate of drug-likeness (QED) is 0.214. The smallest absolute Gasteiger partial charge is 0.0651 e. The Labute approximate surface area is 252 Å². The van der Waals surface area contributed by atoms with Crippen LogP contribution in [-0.2, 0) is 5.41 Å². The Kier molecular flexibility index (Phi) is 4.66. The van der Waals surface area contributed by atoms with Crippen molar-refractivity contribution >= 4 is 38.6 Å². The summed E-state index contributed by atoms with van der Waals surface area (Å²) in [6.07, 6.45) is 0. The highest BCUT2D eigenvalue weighted by atomic mass is 15.1. The minimum atomic E-state index is -0.248. The third kappa shape index (κ3) is 3.85. The van der Waals surface area contributed by atoms with Crippen LogP contribution in [0.1, 0.15) is 30.5 Å². The molecule has 42 heavy (non-hydrogen) atoms. The lowest BCUT2D eigenvalue weighted by Crippen LogP contribution is -2.16. The van der Waals surface area contributed by atoms with Gasteiger partial charge in [0.25, 0.3) is 0 Å². The lowest BCUT2D eigenvalue weighted by molar-refractivity contribution is 0.660. The molecule has 0 saturated heterocycles. The fourth-order valence-corrected chi connectivity index (χ4v) is 6.56. The van der Waals surface area contributed by atoms with Crippen LogP contribution in [0.2, 0.25) is 0 Å². The highest BCUT2D eigenvalue weighted by Crippen LogP contribution is 2.51. The van der Waals surface area contributed by atoms with Crippen molar-refractivity contribution in [1.29, 1.82) is 0 Å². The average molecular weight is 542 g/mol. The first-order chi connectivity index (χ1) is 22.3. The van der Waals surface area contributed by atoms with Gasteiger partial charge in [0.2, 0.25) is 0 Å². The Morgan fingerprint density at radius 3 is 2.19 bits per heavy atom. The van der Waals surface area contributed by atoms with Gasteiger partial charge in [-0.1, -0.05) is 129 Å². The van der Waals surface area contributed by atoms with Gasteiger partial charge in [-0.2, -0.15) is 0 Å². The Morgan fingerprint density at radius 1 is 0.548 bits per heavy atom. The first kappa shape index (κ1) is 20.7. The molecule has 0 spiro atoms. The zero-order valence-corrected chi connectivity index (χ0v) is 23.6. The van der Waals surface area contributed by atoms with Gasteiger partial charge in [-0.15, -0.1) is 0 Å². The van der Waals surface area contributed by atoms with E-state index in [0.717, 1.165) is 32.9 Å². The van der Waals surface area contributed by atoms with Gasteiger partial charge >= 0.3 is 0 Å². The maximum atomic E-state index is 9.68. The van der Waals surface area contributed by atoms with Gasteiger partial charge in [-0.05, 0) is 85.9 Å². The highest BCUT2D eigenvalue weighted by molar-refractivity contribution is 6.00. The minimum Gasteiger partial charge on any atom is -0.310 e. The van der Waals surface area contributed by atoms with Gasteiger partial charge in [-0.3, -0.25) is 0 Å². The molecule has 1 aliphatic carbocycles. The molecule has 200 valence electrons. The fourth-order valence-electron chi connectivity index (χ4n) is 6.56. The second-order valence-corrected chi connectivity index (χ2v) is 11.5. The lowest BCUT2D eigenvalue weighted by atomic mass is 9.82. The van der Waals surface area contributed by atoms with Crippen LogP contribution in [-0.4, -0.2) is 0 Å². The van der Waals surface area contributed by atoms with Gasteiger partial charge in [0.15, 0.2) is 0 Å². The van der Waals surface area contributed by atoms with Crippen LogP contribution >= 0.6 is 0 Å². The number of hydrogen-bond acceptors (Lipinski definition) is 1. The molecule has 8 rings (SSSR count). The number of nitrogens with zero attached hydrogens (tertiary/aromatic N) is 1. The van der Waals surface area contributed by atoms with Gasteiger partial charge in [0.1, 0.15) is 0 Å². The van der Waals surface area contributed by atoms with Crippen LogP contribution in [0.3, 0.4) is 0 Å². The molecule has 0 atom stereocenters. The first-order valence-corrected chi connectivity index (χ1v) is 14.4. The largest absolute Gasteiger partial charge is 0.310 e. The van der Waals surface area contributed by atoms with Crippen LogP contribution in [0.15, 0.2) is 152 Å². The van der Waals surface area contributed by atoms with Crippen LogP contribution in [0.4, 0.5) is 17.1 Å². The van der Waals surface area contributed by atoms with Crippen molar-refractivity contribution in [3.8, 4) is 22.3 Å². The predicted molar refractivity (Wildman–Crippen MR) is 179 cm³/mol. The van der Waals surface area contributed by atoms with E-state index in [1.807, 2.05) is 71.6 Å². The molecule has 7 aromatic rings. The predicted octanol–water partition coefficient (Wildman–Crippen LogP) is 11.4. The van der Waals surface area contributed by atoms with Gasteiger partial charge in [0.05, 0.1) is 11.2 Å². The van der Waals surface area contributed by atoms with Crippen molar-refractivity contribution in [3.05, 3.63) is 163 Å². The van der Waals surface area contributed by atoms with E-state index in [4.69, 9.17) is 2.74 Å². The molecule has 0 amide bonds. The molecule has 0 fully saturated rings. The van der Waals surface area contributed by atoms with Crippen LogP contribution in [0.25, 0.3) is 43.8 Å². The van der Waals surface area contributed by atoms with Crippen LogP contribution in [0.5, 0.6) is 0 Å². The van der Waals surface area contributed by atoms with E-state index in [1.165, 1.54) is 22.3 Å². The summed E-state index contributed by atoms with van der Waals surface area (Å²) in [5, 5.41) is 4.07. The van der Waals surface area contributed by atoms with E-state index in [9.17, 15) is 2.74 Å². The van der Waals surface area contributed by atoms with Crippen molar-refractivity contribution in [2.75, 3.05) is 4.90 Å². The van der Waals surface area contributed by atoms with Gasteiger partial charge < -0.3 is 4.90 Å². The molecule has 0 aromatic heterocycles. The third-order valence-electron chi connectivity index (χ3n) is 8.71. The normalized spacial score (nSPS) is 14.5. The fraction of sp³-hybridized carbons (Fsp3) is 0.0732. The standard InChI is InChI=1S/C41H31N/c1-41(2)38-19-8-7-18-36(38)37-24-23-34(27-39(37)41)42(40-20-10-14-29-12-5-6-17-35(29)40)33-16-9-15-31(26-33)32-22-21-28-11-3-4-13-30(28)25-32/h3-27H,1-2H3/i9D,15D,16D,26D. The van der Waals surface area contributed by atoms with Crippen molar-refractivity contribution in [2.45, 2.75) is 19.3 Å². The van der Waals surface area contributed by atoms with Gasteiger partial charge in [-0.25, -0.2) is 0 Å². The molecule has 0 heterocycles. The Hall–Kier alpha value is -5.14. The summed E-state index contributed by atoms with van der Waals surface area (Å²) in [7, 11) is 0. The summed E-state index contributed by atoms with van der Waals surface area (Å²) in [5.74, 6) is 0. The summed E-state index contributed by atoms with van der Waals surface area (Å²) in [6.45, 7) is 4.48. The van der Waals surface area contributed by atoms with E-state index in [0.29, 0.717) is 11.1 Å². The molecule has 7 aromatic carbocycles. The summed E-state index contributed by atoms with van der Waals surface area (Å²) in [6, 6.07) is 42.6. The van der Waals surface area contributed by atoms with Crippen molar-refractivity contribution < 1.29 is 5.48 Å². The van der Waals surface area contributed by atoms with Gasteiger partial charge in [0, 0.05) is 22.2 Å². The number of fused-ring (bicyclic) bond motifs is 5. The average Bonchev–Trinajstić information content (AvgIpc) is 3.31. The highest BCUT2D eigenvalue weighted by Gasteiger charge is 2.35. The SMILES string of the molecule is [2H]c1c([2H])c(-c2ccc3ccccc3c2)c([2H])c(N(c2ccc3c(c2)C(C)(C)c2ccccc2-3)c2cccc3ccccc23)c1[2H].